The van der Waals surface area contributed by atoms with Gasteiger partial charge in [0.2, 0.25) is 0 Å². The molecule has 0 spiro atoms. The SMILES string of the molecule is CCCc1cc(C(=O)NC(C#N)C2CC2)cc(Cl)n1. The van der Waals surface area contributed by atoms with Gasteiger partial charge in [-0.2, -0.15) is 5.26 Å². The van der Waals surface area contributed by atoms with Crippen LogP contribution in [0.3, 0.4) is 0 Å². The summed E-state index contributed by atoms with van der Waals surface area (Å²) in [4.78, 5) is 16.3. The summed E-state index contributed by atoms with van der Waals surface area (Å²) in [6, 6.07) is 5.03. The van der Waals surface area contributed by atoms with E-state index in [9.17, 15) is 4.79 Å². The molecule has 100 valence electrons. The minimum absolute atomic E-state index is 0.250. The van der Waals surface area contributed by atoms with E-state index in [0.29, 0.717) is 16.6 Å². The lowest BCUT2D eigenvalue weighted by atomic mass is 10.1. The van der Waals surface area contributed by atoms with Crippen molar-refractivity contribution in [2.45, 2.75) is 38.6 Å². The average Bonchev–Trinajstić information content (AvgIpc) is 3.19. The molecule has 1 fully saturated rings. The molecule has 19 heavy (non-hydrogen) atoms. The number of aryl methyl sites for hydroxylation is 1. The zero-order valence-corrected chi connectivity index (χ0v) is 11.6. The summed E-state index contributed by atoms with van der Waals surface area (Å²) in [5.41, 5.74) is 1.28. The number of carbonyl (C=O) groups is 1. The van der Waals surface area contributed by atoms with Crippen molar-refractivity contribution in [1.29, 1.82) is 5.26 Å². The number of pyridine rings is 1. The Morgan fingerprint density at radius 2 is 2.37 bits per heavy atom. The summed E-state index contributed by atoms with van der Waals surface area (Å²) in [5, 5.41) is 12.1. The van der Waals surface area contributed by atoms with Gasteiger partial charge in [0, 0.05) is 11.3 Å². The van der Waals surface area contributed by atoms with Crippen LogP contribution in [-0.4, -0.2) is 16.9 Å². The number of hydrogen-bond acceptors (Lipinski definition) is 3. The monoisotopic (exact) mass is 277 g/mol. The number of nitrogens with one attached hydrogen (secondary N) is 1. The van der Waals surface area contributed by atoms with Crippen LogP contribution in [0.25, 0.3) is 0 Å². The third-order valence-corrected chi connectivity index (χ3v) is 3.33. The van der Waals surface area contributed by atoms with Gasteiger partial charge >= 0.3 is 0 Å². The molecule has 0 bridgehead atoms. The van der Waals surface area contributed by atoms with Gasteiger partial charge in [-0.25, -0.2) is 4.98 Å². The number of amides is 1. The van der Waals surface area contributed by atoms with Gasteiger partial charge in [-0.1, -0.05) is 24.9 Å². The minimum atomic E-state index is -0.394. The van der Waals surface area contributed by atoms with Crippen LogP contribution in [-0.2, 0) is 6.42 Å². The van der Waals surface area contributed by atoms with Crippen molar-refractivity contribution < 1.29 is 4.79 Å². The maximum absolute atomic E-state index is 12.1. The minimum Gasteiger partial charge on any atom is -0.336 e. The van der Waals surface area contributed by atoms with Gasteiger partial charge < -0.3 is 5.32 Å². The first-order valence-corrected chi connectivity index (χ1v) is 6.88. The highest BCUT2D eigenvalue weighted by Crippen LogP contribution is 2.32. The summed E-state index contributed by atoms with van der Waals surface area (Å²) >= 11 is 5.92. The Hall–Kier alpha value is -1.60. The molecule has 1 heterocycles. The van der Waals surface area contributed by atoms with E-state index in [0.717, 1.165) is 31.4 Å². The van der Waals surface area contributed by atoms with Crippen LogP contribution in [0.4, 0.5) is 0 Å². The first-order valence-electron chi connectivity index (χ1n) is 6.51. The van der Waals surface area contributed by atoms with Crippen LogP contribution in [0.15, 0.2) is 12.1 Å². The van der Waals surface area contributed by atoms with Gasteiger partial charge in [-0.05, 0) is 37.3 Å². The highest BCUT2D eigenvalue weighted by Gasteiger charge is 2.32. The maximum Gasteiger partial charge on any atom is 0.252 e. The molecule has 5 heteroatoms. The molecule has 1 aromatic heterocycles. The smallest absolute Gasteiger partial charge is 0.252 e. The molecular formula is C14H16ClN3O. The molecule has 0 radical (unpaired) electrons. The van der Waals surface area contributed by atoms with Crippen molar-refractivity contribution in [3.63, 3.8) is 0 Å². The number of nitriles is 1. The number of carbonyl (C=O) groups excluding carboxylic acids is 1. The first kappa shape index (κ1) is 13.8. The summed E-state index contributed by atoms with van der Waals surface area (Å²) in [5.74, 6) is 0.0569. The lowest BCUT2D eigenvalue weighted by molar-refractivity contribution is 0.0941. The van der Waals surface area contributed by atoms with E-state index in [1.54, 1.807) is 6.07 Å². The molecule has 0 saturated heterocycles. The molecule has 1 atom stereocenters. The van der Waals surface area contributed by atoms with E-state index in [1.807, 2.05) is 6.92 Å². The second-order valence-corrected chi connectivity index (χ2v) is 5.22. The van der Waals surface area contributed by atoms with E-state index in [4.69, 9.17) is 16.9 Å². The summed E-state index contributed by atoms with van der Waals surface area (Å²) in [6.07, 6.45) is 3.75. The summed E-state index contributed by atoms with van der Waals surface area (Å²) in [6.45, 7) is 2.04. The van der Waals surface area contributed by atoms with Crippen molar-refractivity contribution in [2.75, 3.05) is 0 Å². The van der Waals surface area contributed by atoms with Crippen LogP contribution in [0.5, 0.6) is 0 Å². The third-order valence-electron chi connectivity index (χ3n) is 3.13. The molecule has 0 aromatic carbocycles. The quantitative estimate of drug-likeness (QED) is 0.842. The Bertz CT molecular complexity index is 520. The van der Waals surface area contributed by atoms with E-state index >= 15 is 0 Å². The van der Waals surface area contributed by atoms with Crippen molar-refractivity contribution in [3.05, 3.63) is 28.5 Å². The topological polar surface area (TPSA) is 65.8 Å². The molecule has 1 N–H and O–H groups in total. The average molecular weight is 278 g/mol. The molecule has 1 unspecified atom stereocenters. The predicted octanol–water partition coefficient (Wildman–Crippen LogP) is 2.72. The van der Waals surface area contributed by atoms with Crippen LogP contribution in [0.2, 0.25) is 5.15 Å². The van der Waals surface area contributed by atoms with E-state index in [1.165, 1.54) is 6.07 Å². The van der Waals surface area contributed by atoms with Crippen LogP contribution in [0.1, 0.15) is 42.2 Å². The van der Waals surface area contributed by atoms with Gasteiger partial charge in [-0.3, -0.25) is 4.79 Å². The van der Waals surface area contributed by atoms with Crippen molar-refractivity contribution in [3.8, 4) is 6.07 Å². The Kier molecular flexibility index (Phi) is 4.39. The molecule has 1 saturated carbocycles. The van der Waals surface area contributed by atoms with E-state index in [-0.39, 0.29) is 5.91 Å². The second kappa shape index (κ2) is 6.03. The standard InChI is InChI=1S/C14H16ClN3O/c1-2-3-11-6-10(7-13(15)17-11)14(19)18-12(8-16)9-4-5-9/h6-7,9,12H,2-5H2,1H3,(H,18,19). The molecule has 1 aliphatic rings. The largest absolute Gasteiger partial charge is 0.336 e. The second-order valence-electron chi connectivity index (χ2n) is 4.84. The van der Waals surface area contributed by atoms with Crippen LogP contribution < -0.4 is 5.32 Å². The Balaban J connectivity index is 2.11. The zero-order valence-electron chi connectivity index (χ0n) is 10.8. The summed E-state index contributed by atoms with van der Waals surface area (Å²) in [7, 11) is 0. The van der Waals surface area contributed by atoms with Crippen LogP contribution >= 0.6 is 11.6 Å². The fourth-order valence-corrected chi connectivity index (χ4v) is 2.20. The highest BCUT2D eigenvalue weighted by atomic mass is 35.5. The Morgan fingerprint density at radius 3 is 2.95 bits per heavy atom. The molecule has 4 nitrogen and oxygen atoms in total. The van der Waals surface area contributed by atoms with E-state index in [2.05, 4.69) is 16.4 Å². The molecule has 1 aliphatic carbocycles. The molecule has 2 rings (SSSR count). The summed E-state index contributed by atoms with van der Waals surface area (Å²) < 4.78 is 0. The number of halogens is 1. The normalized spacial score (nSPS) is 15.6. The fraction of sp³-hybridized carbons (Fsp3) is 0.500. The van der Waals surface area contributed by atoms with Gasteiger partial charge in [0.15, 0.2) is 0 Å². The Morgan fingerprint density at radius 1 is 1.63 bits per heavy atom. The number of hydrogen-bond donors (Lipinski definition) is 1. The van der Waals surface area contributed by atoms with Crippen molar-refractivity contribution in [1.82, 2.24) is 10.3 Å². The van der Waals surface area contributed by atoms with Gasteiger partial charge in [0.1, 0.15) is 11.2 Å². The Labute approximate surface area is 117 Å². The fourth-order valence-electron chi connectivity index (χ4n) is 1.98. The van der Waals surface area contributed by atoms with E-state index < -0.39 is 6.04 Å². The van der Waals surface area contributed by atoms with Crippen molar-refractivity contribution >= 4 is 17.5 Å². The van der Waals surface area contributed by atoms with Gasteiger partial charge in [0.05, 0.1) is 6.07 Å². The zero-order chi connectivity index (χ0) is 13.8. The lowest BCUT2D eigenvalue weighted by Gasteiger charge is -2.11. The molecular weight excluding hydrogens is 262 g/mol. The van der Waals surface area contributed by atoms with Crippen LogP contribution in [0, 0.1) is 17.2 Å². The highest BCUT2D eigenvalue weighted by molar-refractivity contribution is 6.29. The number of nitrogens with zero attached hydrogens (tertiary/aromatic N) is 2. The molecule has 1 amide bonds. The van der Waals surface area contributed by atoms with Gasteiger partial charge in [-0.15, -0.1) is 0 Å². The maximum atomic E-state index is 12.1. The lowest BCUT2D eigenvalue weighted by Crippen LogP contribution is -2.35. The predicted molar refractivity (Wildman–Crippen MR) is 72.8 cm³/mol. The molecule has 1 aromatic rings. The van der Waals surface area contributed by atoms with Gasteiger partial charge in [0.25, 0.3) is 5.91 Å². The number of aromatic nitrogens is 1. The molecule has 0 aliphatic heterocycles. The number of rotatable bonds is 5. The third kappa shape index (κ3) is 3.68. The van der Waals surface area contributed by atoms with Crippen molar-refractivity contribution in [2.24, 2.45) is 5.92 Å². The first-order chi connectivity index (χ1) is 9.13.